The van der Waals surface area contributed by atoms with Crippen LogP contribution in [0.25, 0.3) is 0 Å². The van der Waals surface area contributed by atoms with E-state index in [9.17, 15) is 0 Å². The van der Waals surface area contributed by atoms with Crippen molar-refractivity contribution < 1.29 is 0 Å². The molecule has 0 atom stereocenters. The van der Waals surface area contributed by atoms with Crippen molar-refractivity contribution in [2.75, 3.05) is 0 Å². The van der Waals surface area contributed by atoms with Gasteiger partial charge in [-0.2, -0.15) is 0 Å². The molecule has 11 heavy (non-hydrogen) atoms. The Morgan fingerprint density at radius 2 is 1.73 bits per heavy atom. The number of benzene rings is 1. The van der Waals surface area contributed by atoms with E-state index >= 15 is 0 Å². The molecule has 0 unspecified atom stereocenters. The fraction of sp³-hybridized carbons (Fsp3) is 0.400. The van der Waals surface area contributed by atoms with Crippen LogP contribution in [-0.2, 0) is 6.42 Å². The molecule has 0 N–H and O–H groups in total. The van der Waals surface area contributed by atoms with Crippen molar-refractivity contribution in [3.8, 4) is 0 Å². The average Bonchev–Trinajstić information content (AvgIpc) is 2.07. The van der Waals surface area contributed by atoms with Crippen LogP contribution in [0.4, 0.5) is 0 Å². The Morgan fingerprint density at radius 1 is 1.00 bits per heavy atom. The zero-order valence-corrected chi connectivity index (χ0v) is 10.1. The van der Waals surface area contributed by atoms with Gasteiger partial charge in [-0.3, -0.25) is 0 Å². The summed E-state index contributed by atoms with van der Waals surface area (Å²) >= 11 is 1.42. The molecule has 0 heterocycles. The van der Waals surface area contributed by atoms with Gasteiger partial charge in [0, 0.05) is 0 Å². The van der Waals surface area contributed by atoms with Crippen LogP contribution in [0.1, 0.15) is 18.4 Å². The van der Waals surface area contributed by atoms with Gasteiger partial charge >= 0.3 is 82.1 Å². The quantitative estimate of drug-likeness (QED) is 0.570. The Balaban J connectivity index is 2.28. The summed E-state index contributed by atoms with van der Waals surface area (Å²) in [6.45, 7) is 0. The van der Waals surface area contributed by atoms with Crippen LogP contribution in [0.3, 0.4) is 0 Å². The van der Waals surface area contributed by atoms with Gasteiger partial charge in [-0.25, -0.2) is 0 Å². The van der Waals surface area contributed by atoms with Crippen molar-refractivity contribution >= 4 is 22.5 Å². The molecular formula is C10H14Sn. The predicted molar refractivity (Wildman–Crippen MR) is 51.3 cm³/mol. The summed E-state index contributed by atoms with van der Waals surface area (Å²) in [5, 5.41) is 0. The van der Waals surface area contributed by atoms with E-state index in [0.29, 0.717) is 0 Å². The molecule has 0 aromatic heterocycles. The average molecular weight is 253 g/mol. The number of unbranched alkanes of at least 4 members (excludes halogenated alkanes) is 1. The summed E-state index contributed by atoms with van der Waals surface area (Å²) in [5.74, 6) is 0. The molecule has 0 saturated heterocycles. The Kier molecular flexibility index (Phi) is 4.67. The summed E-state index contributed by atoms with van der Waals surface area (Å²) in [7, 11) is 0. The van der Waals surface area contributed by atoms with Gasteiger partial charge in [0.2, 0.25) is 0 Å². The summed E-state index contributed by atoms with van der Waals surface area (Å²) in [5.41, 5.74) is 1.49. The van der Waals surface area contributed by atoms with Crippen LogP contribution in [-0.4, -0.2) is 22.5 Å². The van der Waals surface area contributed by atoms with Gasteiger partial charge in [-0.1, -0.05) is 0 Å². The standard InChI is InChI=1S/C10H13.Sn.H/c1-2-3-7-10-8-5-4-6-9-10;;/h4-6,8-9H,1-3,7H2;;. The molecule has 58 valence electrons. The minimum atomic E-state index is 1.27. The predicted octanol–water partition coefficient (Wildman–Crippen LogP) is 2.33. The summed E-state index contributed by atoms with van der Waals surface area (Å²) in [6.07, 6.45) is 4.05. The minimum absolute atomic E-state index is 1.27. The molecule has 0 aliphatic carbocycles. The van der Waals surface area contributed by atoms with Gasteiger partial charge in [-0.15, -0.1) is 0 Å². The van der Waals surface area contributed by atoms with E-state index in [1.54, 1.807) is 0 Å². The molecule has 1 aromatic rings. The monoisotopic (exact) mass is 254 g/mol. The van der Waals surface area contributed by atoms with Gasteiger partial charge < -0.3 is 0 Å². The second-order valence-electron chi connectivity index (χ2n) is 2.73. The van der Waals surface area contributed by atoms with E-state index in [1.807, 2.05) is 0 Å². The first-order valence-electron chi connectivity index (χ1n) is 4.17. The van der Waals surface area contributed by atoms with Crippen LogP contribution < -0.4 is 0 Å². The zero-order valence-electron chi connectivity index (χ0n) is 6.79. The summed E-state index contributed by atoms with van der Waals surface area (Å²) in [6, 6.07) is 10.7. The number of rotatable bonds is 4. The van der Waals surface area contributed by atoms with Crippen LogP contribution in [0.5, 0.6) is 0 Å². The Morgan fingerprint density at radius 3 is 2.36 bits per heavy atom. The second kappa shape index (κ2) is 5.64. The SMILES string of the molecule is [SnH][CH2]CCCc1ccccc1. The fourth-order valence-corrected chi connectivity index (χ4v) is 1.94. The molecule has 2 radical (unpaired) electrons. The Bertz CT molecular complexity index is 181. The van der Waals surface area contributed by atoms with Gasteiger partial charge in [0.15, 0.2) is 0 Å². The maximum atomic E-state index is 2.21. The van der Waals surface area contributed by atoms with Crippen molar-refractivity contribution in [3.05, 3.63) is 35.9 Å². The third-order valence-electron chi connectivity index (χ3n) is 1.76. The maximum absolute atomic E-state index is 2.21. The van der Waals surface area contributed by atoms with E-state index in [-0.39, 0.29) is 0 Å². The molecule has 0 aliphatic heterocycles. The molecule has 1 heteroatoms. The normalized spacial score (nSPS) is 9.91. The second-order valence-corrected chi connectivity index (χ2v) is 4.38. The van der Waals surface area contributed by atoms with Crippen LogP contribution >= 0.6 is 0 Å². The van der Waals surface area contributed by atoms with Crippen molar-refractivity contribution in [3.63, 3.8) is 0 Å². The molecule has 0 bridgehead atoms. The van der Waals surface area contributed by atoms with Gasteiger partial charge in [0.25, 0.3) is 0 Å². The number of aryl methyl sites for hydroxylation is 1. The Labute approximate surface area is 82.1 Å². The third kappa shape index (κ3) is 3.80. The zero-order chi connectivity index (χ0) is 7.94. The van der Waals surface area contributed by atoms with Gasteiger partial charge in [0.05, 0.1) is 0 Å². The molecule has 0 fully saturated rings. The molecule has 0 saturated carbocycles. The van der Waals surface area contributed by atoms with E-state index in [4.69, 9.17) is 0 Å². The molecule has 1 aromatic carbocycles. The molecule has 0 spiro atoms. The van der Waals surface area contributed by atoms with Crippen LogP contribution in [0.2, 0.25) is 4.44 Å². The molecule has 0 amide bonds. The van der Waals surface area contributed by atoms with Crippen molar-refractivity contribution in [2.24, 2.45) is 0 Å². The van der Waals surface area contributed by atoms with Gasteiger partial charge in [-0.05, 0) is 0 Å². The Hall–Kier alpha value is 0.0187. The fourth-order valence-electron chi connectivity index (χ4n) is 1.12. The van der Waals surface area contributed by atoms with E-state index in [2.05, 4.69) is 30.3 Å². The molecule has 0 aliphatic rings. The molecule has 1 rings (SSSR count). The van der Waals surface area contributed by atoms with Crippen molar-refractivity contribution in [1.29, 1.82) is 0 Å². The first kappa shape index (κ1) is 9.11. The van der Waals surface area contributed by atoms with Gasteiger partial charge in [0.1, 0.15) is 0 Å². The topological polar surface area (TPSA) is 0 Å². The van der Waals surface area contributed by atoms with E-state index in [0.717, 1.165) is 0 Å². The summed E-state index contributed by atoms with van der Waals surface area (Å²) in [4.78, 5) is 0. The van der Waals surface area contributed by atoms with E-state index < -0.39 is 0 Å². The number of hydrogen-bond acceptors (Lipinski definition) is 0. The molecule has 0 nitrogen and oxygen atoms in total. The van der Waals surface area contributed by atoms with Crippen LogP contribution in [0.15, 0.2) is 30.3 Å². The van der Waals surface area contributed by atoms with Crippen LogP contribution in [0, 0.1) is 0 Å². The van der Waals surface area contributed by atoms with Crippen molar-refractivity contribution in [1.82, 2.24) is 0 Å². The third-order valence-corrected chi connectivity index (χ3v) is 2.93. The first-order valence-corrected chi connectivity index (χ1v) is 6.50. The summed E-state index contributed by atoms with van der Waals surface area (Å²) < 4.78 is 1.44. The van der Waals surface area contributed by atoms with E-state index in [1.165, 1.54) is 51.8 Å². The molecular weight excluding hydrogens is 239 g/mol. The number of hydrogen-bond donors (Lipinski definition) is 0. The van der Waals surface area contributed by atoms with Crippen molar-refractivity contribution in [2.45, 2.75) is 23.7 Å². The first-order chi connectivity index (χ1) is 5.43.